The van der Waals surface area contributed by atoms with Crippen molar-refractivity contribution in [1.29, 1.82) is 0 Å². The van der Waals surface area contributed by atoms with Gasteiger partial charge in [0.2, 0.25) is 0 Å². The Morgan fingerprint density at radius 2 is 1.95 bits per heavy atom. The van der Waals surface area contributed by atoms with Crippen molar-refractivity contribution in [2.24, 2.45) is 0 Å². The summed E-state index contributed by atoms with van der Waals surface area (Å²) in [6, 6.07) is 14.1. The highest BCUT2D eigenvalue weighted by molar-refractivity contribution is 5.77. The molecule has 2 aromatic rings. The molecule has 2 rings (SSSR count). The summed E-state index contributed by atoms with van der Waals surface area (Å²) in [6.07, 6.45) is 0. The van der Waals surface area contributed by atoms with Crippen LogP contribution in [0.3, 0.4) is 0 Å². The van der Waals surface area contributed by atoms with E-state index in [0.29, 0.717) is 17.9 Å². The molecule has 0 atom stereocenters. The topological polar surface area (TPSA) is 38.3 Å². The van der Waals surface area contributed by atoms with Crippen molar-refractivity contribution >= 4 is 5.91 Å². The maximum atomic E-state index is 13.3. The number of carbonyl (C=O) groups is 1. The minimum Gasteiger partial charge on any atom is -0.484 e. The third-order valence-electron chi connectivity index (χ3n) is 2.85. The molecule has 0 aromatic heterocycles. The Balaban J connectivity index is 1.79. The summed E-state index contributed by atoms with van der Waals surface area (Å²) < 4.78 is 18.5. The van der Waals surface area contributed by atoms with Crippen LogP contribution < -0.4 is 10.1 Å². The lowest BCUT2D eigenvalue weighted by Gasteiger charge is -2.08. The van der Waals surface area contributed by atoms with Crippen LogP contribution in [0.25, 0.3) is 0 Å². The lowest BCUT2D eigenvalue weighted by molar-refractivity contribution is -0.123. The monoisotopic (exact) mass is 273 g/mol. The highest BCUT2D eigenvalue weighted by atomic mass is 19.1. The van der Waals surface area contributed by atoms with Crippen molar-refractivity contribution in [2.45, 2.75) is 13.5 Å². The van der Waals surface area contributed by atoms with Crippen LogP contribution in [0.1, 0.15) is 11.1 Å². The minimum absolute atomic E-state index is 0.130. The zero-order valence-electron chi connectivity index (χ0n) is 11.2. The summed E-state index contributed by atoms with van der Waals surface area (Å²) in [4.78, 5) is 11.6. The highest BCUT2D eigenvalue weighted by Gasteiger charge is 2.04. The van der Waals surface area contributed by atoms with Gasteiger partial charge in [-0.15, -0.1) is 0 Å². The molecule has 0 unspecified atom stereocenters. The van der Waals surface area contributed by atoms with Gasteiger partial charge in [0.25, 0.3) is 5.91 Å². The summed E-state index contributed by atoms with van der Waals surface area (Å²) in [5, 5.41) is 2.74. The smallest absolute Gasteiger partial charge is 0.258 e. The van der Waals surface area contributed by atoms with Gasteiger partial charge in [0, 0.05) is 12.6 Å². The molecule has 20 heavy (non-hydrogen) atoms. The molecule has 0 bridgehead atoms. The maximum absolute atomic E-state index is 13.3. The van der Waals surface area contributed by atoms with E-state index >= 15 is 0 Å². The van der Waals surface area contributed by atoms with Gasteiger partial charge >= 0.3 is 0 Å². The van der Waals surface area contributed by atoms with Crippen molar-refractivity contribution in [2.75, 3.05) is 6.61 Å². The number of hydrogen-bond donors (Lipinski definition) is 1. The highest BCUT2D eigenvalue weighted by Crippen LogP contribution is 2.15. The molecule has 0 radical (unpaired) electrons. The molecular formula is C16H16FNO2. The zero-order chi connectivity index (χ0) is 14.4. The van der Waals surface area contributed by atoms with E-state index in [0.717, 1.165) is 5.56 Å². The fourth-order valence-corrected chi connectivity index (χ4v) is 1.66. The lowest BCUT2D eigenvalue weighted by Crippen LogP contribution is -2.28. The van der Waals surface area contributed by atoms with E-state index in [1.165, 1.54) is 6.07 Å². The molecule has 0 spiro atoms. The molecule has 104 valence electrons. The van der Waals surface area contributed by atoms with Crippen LogP contribution in [-0.2, 0) is 11.3 Å². The van der Waals surface area contributed by atoms with Crippen molar-refractivity contribution in [3.05, 3.63) is 65.5 Å². The predicted octanol–water partition coefficient (Wildman–Crippen LogP) is 2.83. The van der Waals surface area contributed by atoms with Crippen LogP contribution >= 0.6 is 0 Å². The minimum atomic E-state index is -0.341. The van der Waals surface area contributed by atoms with Gasteiger partial charge < -0.3 is 10.1 Å². The van der Waals surface area contributed by atoms with Crippen molar-refractivity contribution in [3.63, 3.8) is 0 Å². The van der Waals surface area contributed by atoms with Crippen LogP contribution in [0.5, 0.6) is 5.75 Å². The maximum Gasteiger partial charge on any atom is 0.258 e. The summed E-state index contributed by atoms with van der Waals surface area (Å²) >= 11 is 0. The number of halogens is 1. The van der Waals surface area contributed by atoms with Gasteiger partial charge in [-0.2, -0.15) is 0 Å². The summed E-state index contributed by atoms with van der Waals surface area (Å²) in [5.41, 5.74) is 1.56. The molecular weight excluding hydrogens is 257 g/mol. The second kappa shape index (κ2) is 6.70. The Bertz CT molecular complexity index is 584. The van der Waals surface area contributed by atoms with Gasteiger partial charge in [-0.3, -0.25) is 4.79 Å². The van der Waals surface area contributed by atoms with Crippen LogP contribution in [0.15, 0.2) is 48.5 Å². The predicted molar refractivity (Wildman–Crippen MR) is 74.9 cm³/mol. The molecule has 2 aromatic carbocycles. The summed E-state index contributed by atoms with van der Waals surface area (Å²) in [7, 11) is 0. The van der Waals surface area contributed by atoms with E-state index < -0.39 is 0 Å². The third-order valence-corrected chi connectivity index (χ3v) is 2.85. The summed E-state index contributed by atoms with van der Waals surface area (Å²) in [6.45, 7) is 1.99. The van der Waals surface area contributed by atoms with E-state index in [9.17, 15) is 9.18 Å². The average Bonchev–Trinajstić information content (AvgIpc) is 2.47. The third kappa shape index (κ3) is 4.09. The molecule has 1 N–H and O–H groups in total. The van der Waals surface area contributed by atoms with E-state index in [1.807, 2.05) is 30.3 Å². The Labute approximate surface area is 117 Å². The second-order valence-electron chi connectivity index (χ2n) is 4.46. The van der Waals surface area contributed by atoms with Crippen molar-refractivity contribution < 1.29 is 13.9 Å². The van der Waals surface area contributed by atoms with Crippen LogP contribution in [0.4, 0.5) is 4.39 Å². The van der Waals surface area contributed by atoms with Gasteiger partial charge in [0.1, 0.15) is 11.6 Å². The SMILES string of the molecule is Cc1ccc(OCC(=O)NCc2ccccc2)cc1F. The Morgan fingerprint density at radius 1 is 1.20 bits per heavy atom. The number of ether oxygens (including phenoxy) is 1. The number of carbonyl (C=O) groups excluding carboxylic acids is 1. The van der Waals surface area contributed by atoms with Gasteiger partial charge in [-0.05, 0) is 24.1 Å². The average molecular weight is 273 g/mol. The molecule has 0 aliphatic heterocycles. The first kappa shape index (κ1) is 14.1. The Kier molecular flexibility index (Phi) is 4.71. The number of nitrogens with one attached hydrogen (secondary N) is 1. The largest absolute Gasteiger partial charge is 0.484 e. The molecule has 3 nitrogen and oxygen atoms in total. The first-order chi connectivity index (χ1) is 9.65. The van der Waals surface area contributed by atoms with E-state index in [-0.39, 0.29) is 18.3 Å². The second-order valence-corrected chi connectivity index (χ2v) is 4.46. The molecule has 0 saturated carbocycles. The van der Waals surface area contributed by atoms with E-state index in [1.54, 1.807) is 19.1 Å². The van der Waals surface area contributed by atoms with E-state index in [4.69, 9.17) is 4.74 Å². The number of aryl methyl sites for hydroxylation is 1. The number of hydrogen-bond acceptors (Lipinski definition) is 2. The normalized spacial score (nSPS) is 10.1. The quantitative estimate of drug-likeness (QED) is 0.909. The van der Waals surface area contributed by atoms with Crippen LogP contribution in [-0.4, -0.2) is 12.5 Å². The summed E-state index contributed by atoms with van der Waals surface area (Å²) in [5.74, 6) is -0.231. The van der Waals surface area contributed by atoms with Crippen molar-refractivity contribution in [1.82, 2.24) is 5.32 Å². The van der Waals surface area contributed by atoms with Crippen molar-refractivity contribution in [3.8, 4) is 5.75 Å². The van der Waals surface area contributed by atoms with E-state index in [2.05, 4.69) is 5.32 Å². The van der Waals surface area contributed by atoms with Gasteiger partial charge in [0.15, 0.2) is 6.61 Å². The fourth-order valence-electron chi connectivity index (χ4n) is 1.66. The molecule has 0 saturated heterocycles. The first-order valence-corrected chi connectivity index (χ1v) is 6.35. The molecule has 0 fully saturated rings. The molecule has 0 heterocycles. The molecule has 0 aliphatic carbocycles. The lowest BCUT2D eigenvalue weighted by atomic mass is 10.2. The zero-order valence-corrected chi connectivity index (χ0v) is 11.2. The molecule has 0 aliphatic rings. The Hall–Kier alpha value is -2.36. The Morgan fingerprint density at radius 3 is 2.65 bits per heavy atom. The van der Waals surface area contributed by atoms with Gasteiger partial charge in [-0.1, -0.05) is 36.4 Å². The van der Waals surface area contributed by atoms with Gasteiger partial charge in [-0.25, -0.2) is 4.39 Å². The van der Waals surface area contributed by atoms with Crippen LogP contribution in [0, 0.1) is 12.7 Å². The first-order valence-electron chi connectivity index (χ1n) is 6.35. The number of amides is 1. The number of benzene rings is 2. The molecule has 1 amide bonds. The number of rotatable bonds is 5. The standard InChI is InChI=1S/C16H16FNO2/c1-12-7-8-14(9-15(12)17)20-11-16(19)18-10-13-5-3-2-4-6-13/h2-9H,10-11H2,1H3,(H,18,19). The van der Waals surface area contributed by atoms with Gasteiger partial charge in [0.05, 0.1) is 0 Å². The fraction of sp³-hybridized carbons (Fsp3) is 0.188. The van der Waals surface area contributed by atoms with Crippen LogP contribution in [0.2, 0.25) is 0 Å². The molecule has 4 heteroatoms.